The topological polar surface area (TPSA) is 73.5 Å². The lowest BCUT2D eigenvalue weighted by Gasteiger charge is -2.27. The lowest BCUT2D eigenvalue weighted by Crippen LogP contribution is -2.44. The summed E-state index contributed by atoms with van der Waals surface area (Å²) < 4.78 is 27.7. The van der Waals surface area contributed by atoms with Crippen LogP contribution >= 0.6 is 0 Å². The number of nitrogens with zero attached hydrogens (tertiary/aromatic N) is 2. The fraction of sp³-hybridized carbons (Fsp3) is 0.500. The number of hydrogen-bond acceptors (Lipinski definition) is 3. The van der Waals surface area contributed by atoms with E-state index in [9.17, 15) is 13.2 Å². The van der Waals surface area contributed by atoms with Crippen molar-refractivity contribution in [2.24, 2.45) is 0 Å². The minimum atomic E-state index is -3.48. The van der Waals surface area contributed by atoms with Gasteiger partial charge in [0.05, 0.1) is 12.3 Å². The molecule has 0 aliphatic carbocycles. The van der Waals surface area contributed by atoms with Crippen LogP contribution in [0.3, 0.4) is 0 Å². The highest BCUT2D eigenvalue weighted by molar-refractivity contribution is 7.89. The van der Waals surface area contributed by atoms with Crippen molar-refractivity contribution >= 4 is 26.8 Å². The maximum absolute atomic E-state index is 13.6. The summed E-state index contributed by atoms with van der Waals surface area (Å²) in [5.41, 5.74) is 3.27. The second-order valence-corrected chi connectivity index (χ2v) is 11.9. The highest BCUT2D eigenvalue weighted by Crippen LogP contribution is 2.19. The average molecular weight is 526 g/mol. The Balaban J connectivity index is 1.68. The molecule has 0 radical (unpaired) electrons. The average Bonchev–Trinajstić information content (AvgIpc) is 3.32. The van der Waals surface area contributed by atoms with E-state index in [2.05, 4.69) is 18.0 Å². The summed E-state index contributed by atoms with van der Waals surface area (Å²) in [6.07, 6.45) is 9.52. The molecule has 0 fully saturated rings. The Morgan fingerprint density at radius 1 is 0.838 bits per heavy atom. The van der Waals surface area contributed by atoms with Crippen molar-refractivity contribution in [2.75, 3.05) is 25.4 Å². The molecule has 0 aliphatic rings. The predicted molar refractivity (Wildman–Crippen MR) is 153 cm³/mol. The number of aromatic amines is 1. The molecule has 3 rings (SSSR count). The molecule has 0 saturated carbocycles. The fourth-order valence-corrected chi connectivity index (χ4v) is 6.30. The summed E-state index contributed by atoms with van der Waals surface area (Å²) in [5, 5.41) is 1.16. The summed E-state index contributed by atoms with van der Waals surface area (Å²) in [6.45, 7) is 5.37. The van der Waals surface area contributed by atoms with Crippen LogP contribution in [0.5, 0.6) is 0 Å². The fourth-order valence-electron chi connectivity index (χ4n) is 4.70. The maximum Gasteiger partial charge on any atom is 0.238 e. The van der Waals surface area contributed by atoms with Gasteiger partial charge in [-0.05, 0) is 36.5 Å². The zero-order valence-electron chi connectivity index (χ0n) is 22.5. The number of benzene rings is 2. The highest BCUT2D eigenvalue weighted by Gasteiger charge is 2.26. The van der Waals surface area contributed by atoms with Gasteiger partial charge in [-0.25, -0.2) is 8.42 Å². The van der Waals surface area contributed by atoms with Crippen LogP contribution in [0.2, 0.25) is 0 Å². The van der Waals surface area contributed by atoms with Crippen molar-refractivity contribution in [1.82, 2.24) is 14.2 Å². The molecule has 1 N–H and O–H groups in total. The minimum absolute atomic E-state index is 0.104. The van der Waals surface area contributed by atoms with Gasteiger partial charge in [-0.3, -0.25) is 4.79 Å². The summed E-state index contributed by atoms with van der Waals surface area (Å²) in [4.78, 5) is 18.7. The van der Waals surface area contributed by atoms with Gasteiger partial charge < -0.3 is 9.88 Å². The first kappa shape index (κ1) is 28.9. The number of fused-ring (bicyclic) bond motifs is 1. The Kier molecular flexibility index (Phi) is 11.7. The van der Waals surface area contributed by atoms with Crippen LogP contribution in [0.15, 0.2) is 60.8 Å². The highest BCUT2D eigenvalue weighted by atomic mass is 32.2. The molecule has 202 valence electrons. The monoisotopic (exact) mass is 525 g/mol. The summed E-state index contributed by atoms with van der Waals surface area (Å²) in [5.74, 6) is -0.0378. The van der Waals surface area contributed by atoms with Crippen molar-refractivity contribution in [2.45, 2.75) is 71.8 Å². The van der Waals surface area contributed by atoms with E-state index >= 15 is 0 Å². The normalized spacial score (nSPS) is 11.9. The molecule has 0 spiro atoms. The van der Waals surface area contributed by atoms with Gasteiger partial charge in [0.25, 0.3) is 0 Å². The molecule has 6 nitrogen and oxygen atoms in total. The number of aromatic nitrogens is 1. The third-order valence-corrected chi connectivity index (χ3v) is 8.73. The van der Waals surface area contributed by atoms with E-state index in [1.54, 1.807) is 4.90 Å². The Bertz CT molecular complexity index is 1190. The van der Waals surface area contributed by atoms with E-state index in [4.69, 9.17) is 0 Å². The molecule has 3 aromatic rings. The Hall–Kier alpha value is -2.64. The quantitative estimate of drug-likeness (QED) is 0.215. The van der Waals surface area contributed by atoms with Crippen molar-refractivity contribution in [3.63, 3.8) is 0 Å². The van der Waals surface area contributed by atoms with Crippen molar-refractivity contribution < 1.29 is 13.2 Å². The minimum Gasteiger partial charge on any atom is -0.361 e. The van der Waals surface area contributed by atoms with Gasteiger partial charge in [0, 0.05) is 36.7 Å². The molecule has 0 saturated heterocycles. The zero-order valence-corrected chi connectivity index (χ0v) is 23.3. The van der Waals surface area contributed by atoms with Crippen LogP contribution in [-0.4, -0.2) is 53.9 Å². The smallest absolute Gasteiger partial charge is 0.238 e. The molecule has 1 aromatic heterocycles. The van der Waals surface area contributed by atoms with Crippen LogP contribution in [0.4, 0.5) is 0 Å². The number of hydrogen-bond donors (Lipinski definition) is 1. The summed E-state index contributed by atoms with van der Waals surface area (Å²) in [7, 11) is -3.48. The van der Waals surface area contributed by atoms with Crippen LogP contribution in [-0.2, 0) is 27.8 Å². The molecule has 0 bridgehead atoms. The molecular formula is C30H43N3O3S. The maximum atomic E-state index is 13.6. The molecule has 7 heteroatoms. The van der Waals surface area contributed by atoms with Crippen LogP contribution in [0.1, 0.15) is 69.9 Å². The van der Waals surface area contributed by atoms with Crippen LogP contribution < -0.4 is 0 Å². The first-order chi connectivity index (χ1) is 17.9. The Morgan fingerprint density at radius 3 is 2.30 bits per heavy atom. The van der Waals surface area contributed by atoms with Crippen molar-refractivity contribution in [3.8, 4) is 0 Å². The number of nitrogens with one attached hydrogen (secondary N) is 1. The molecule has 0 atom stereocenters. The van der Waals surface area contributed by atoms with Crippen molar-refractivity contribution in [1.29, 1.82) is 0 Å². The van der Waals surface area contributed by atoms with Gasteiger partial charge in [0.15, 0.2) is 0 Å². The lowest BCUT2D eigenvalue weighted by molar-refractivity contribution is -0.132. The SMILES string of the molecule is CCCCCCCCS(=O)(=O)N(CCC)CC(=O)N(CCc1c[nH]c2ccccc12)Cc1ccccc1. The molecule has 1 heterocycles. The predicted octanol–water partition coefficient (Wildman–Crippen LogP) is 6.14. The third-order valence-electron chi connectivity index (χ3n) is 6.83. The molecular weight excluding hydrogens is 482 g/mol. The second kappa shape index (κ2) is 14.9. The molecule has 0 unspecified atom stereocenters. The first-order valence-corrected chi connectivity index (χ1v) is 15.4. The largest absolute Gasteiger partial charge is 0.361 e. The van der Waals surface area contributed by atoms with E-state index in [1.165, 1.54) is 17.1 Å². The second-order valence-electron chi connectivity index (χ2n) is 9.83. The number of unbranched alkanes of at least 4 members (excludes halogenated alkanes) is 5. The number of para-hydroxylation sites is 1. The van der Waals surface area contributed by atoms with E-state index in [1.807, 2.05) is 61.7 Å². The zero-order chi connectivity index (χ0) is 26.5. The number of carbonyl (C=O) groups excluding carboxylic acids is 1. The van der Waals surface area contributed by atoms with Crippen LogP contribution in [0.25, 0.3) is 10.9 Å². The summed E-state index contributed by atoms with van der Waals surface area (Å²) in [6, 6.07) is 18.0. The molecule has 37 heavy (non-hydrogen) atoms. The van der Waals surface area contributed by atoms with Gasteiger partial charge in [-0.2, -0.15) is 4.31 Å². The number of amides is 1. The van der Waals surface area contributed by atoms with Gasteiger partial charge in [0.2, 0.25) is 15.9 Å². The van der Waals surface area contributed by atoms with Crippen molar-refractivity contribution in [3.05, 3.63) is 71.9 Å². The number of sulfonamides is 1. The Morgan fingerprint density at radius 2 is 1.54 bits per heavy atom. The van der Waals surface area contributed by atoms with Gasteiger partial charge in [-0.15, -0.1) is 0 Å². The van der Waals surface area contributed by atoms with E-state index in [-0.39, 0.29) is 18.2 Å². The number of carbonyl (C=O) groups is 1. The van der Waals surface area contributed by atoms with Gasteiger partial charge in [0.1, 0.15) is 0 Å². The van der Waals surface area contributed by atoms with Crippen LogP contribution in [0, 0.1) is 0 Å². The van der Waals surface area contributed by atoms with E-state index < -0.39 is 10.0 Å². The number of H-pyrrole nitrogens is 1. The molecule has 1 amide bonds. The first-order valence-electron chi connectivity index (χ1n) is 13.8. The van der Waals surface area contributed by atoms with Gasteiger partial charge >= 0.3 is 0 Å². The third kappa shape index (κ3) is 9.00. The van der Waals surface area contributed by atoms with E-state index in [0.717, 1.165) is 41.3 Å². The van der Waals surface area contributed by atoms with Gasteiger partial charge in [-0.1, -0.05) is 94.5 Å². The molecule has 2 aromatic carbocycles. The van der Waals surface area contributed by atoms with E-state index in [0.29, 0.717) is 38.9 Å². The lowest BCUT2D eigenvalue weighted by atomic mass is 10.1. The standard InChI is InChI=1S/C30H43N3O3S/c1-3-5-6-7-8-14-22-37(35,36)33(20-4-2)25-30(34)32(24-26-15-10-9-11-16-26)21-19-27-23-31-29-18-13-12-17-28(27)29/h9-13,15-18,23,31H,3-8,14,19-22,24-25H2,1-2H3. The molecule has 0 aliphatic heterocycles. The summed E-state index contributed by atoms with van der Waals surface area (Å²) >= 11 is 0. The number of rotatable bonds is 17. The Labute approximate surface area is 223 Å².